The van der Waals surface area contributed by atoms with Gasteiger partial charge in [0.05, 0.1) is 12.3 Å². The van der Waals surface area contributed by atoms with Crippen molar-refractivity contribution in [3.63, 3.8) is 0 Å². The second-order valence-corrected chi connectivity index (χ2v) is 8.71. The van der Waals surface area contributed by atoms with E-state index in [-0.39, 0.29) is 23.1 Å². The van der Waals surface area contributed by atoms with Gasteiger partial charge in [-0.25, -0.2) is 4.79 Å². The molecular weight excluding hydrogens is 424 g/mol. The Kier molecular flexibility index (Phi) is 6.80. The molecule has 0 unspecified atom stereocenters. The van der Waals surface area contributed by atoms with Gasteiger partial charge in [-0.05, 0) is 68.5 Å². The van der Waals surface area contributed by atoms with Gasteiger partial charge in [-0.2, -0.15) is 4.98 Å². The predicted molar refractivity (Wildman–Crippen MR) is 124 cm³/mol. The quantitative estimate of drug-likeness (QED) is 0.338. The van der Waals surface area contributed by atoms with Crippen LogP contribution in [0.4, 0.5) is 5.69 Å². The molecule has 0 aliphatic heterocycles. The molecule has 8 heteroatoms. The minimum absolute atomic E-state index is 0.0208. The van der Waals surface area contributed by atoms with Crippen LogP contribution in [0.15, 0.2) is 58.6 Å². The van der Waals surface area contributed by atoms with Gasteiger partial charge in [0.1, 0.15) is 5.03 Å². The van der Waals surface area contributed by atoms with Crippen LogP contribution in [0.25, 0.3) is 0 Å². The minimum Gasteiger partial charge on any atom is -0.325 e. The summed E-state index contributed by atoms with van der Waals surface area (Å²) < 4.78 is 1.74. The topological polar surface area (TPSA) is 94.0 Å². The first-order valence-corrected chi connectivity index (χ1v) is 11.5. The average Bonchev–Trinajstić information content (AvgIpc) is 2.81. The van der Waals surface area contributed by atoms with E-state index in [1.165, 1.54) is 18.7 Å². The third-order valence-corrected chi connectivity index (χ3v) is 6.45. The summed E-state index contributed by atoms with van der Waals surface area (Å²) in [6, 6.07) is 10.6. The monoisotopic (exact) mass is 448 g/mol. The number of nitrogens with one attached hydrogen (secondary N) is 1. The molecule has 1 aromatic carbocycles. The molecule has 1 aliphatic rings. The van der Waals surface area contributed by atoms with E-state index >= 15 is 0 Å². The SMILES string of the molecule is CC(=O)c1ccc(NC(=O)CSc2nc(=O)n(Cc3cccnc3)c3c2CCCC3)cc1. The highest BCUT2D eigenvalue weighted by molar-refractivity contribution is 8.00. The number of pyridine rings is 1. The zero-order chi connectivity index (χ0) is 22.5. The van der Waals surface area contributed by atoms with E-state index in [9.17, 15) is 14.4 Å². The predicted octanol–water partition coefficient (Wildman–Crippen LogP) is 3.50. The molecule has 4 rings (SSSR count). The zero-order valence-electron chi connectivity index (χ0n) is 17.8. The fraction of sp³-hybridized carbons (Fsp3) is 0.292. The number of fused-ring (bicyclic) bond motifs is 1. The van der Waals surface area contributed by atoms with E-state index in [1.807, 2.05) is 12.1 Å². The van der Waals surface area contributed by atoms with Crippen molar-refractivity contribution in [1.29, 1.82) is 0 Å². The van der Waals surface area contributed by atoms with Crippen LogP contribution in [0, 0.1) is 0 Å². The first-order chi connectivity index (χ1) is 15.5. The number of Topliss-reactive ketones (excluding diaryl/α,β-unsaturated/α-hetero) is 1. The van der Waals surface area contributed by atoms with Gasteiger partial charge in [-0.1, -0.05) is 17.8 Å². The highest BCUT2D eigenvalue weighted by Crippen LogP contribution is 2.28. The molecular formula is C24H24N4O3S. The smallest absolute Gasteiger partial charge is 0.325 e. The summed E-state index contributed by atoms with van der Waals surface area (Å²) in [6.45, 7) is 1.95. The molecule has 1 aliphatic carbocycles. The lowest BCUT2D eigenvalue weighted by molar-refractivity contribution is -0.113. The maximum Gasteiger partial charge on any atom is 0.349 e. The molecule has 1 amide bonds. The molecule has 0 atom stereocenters. The summed E-state index contributed by atoms with van der Waals surface area (Å²) in [5, 5.41) is 3.48. The summed E-state index contributed by atoms with van der Waals surface area (Å²) in [5.74, 6) is -0.0519. The van der Waals surface area contributed by atoms with E-state index in [0.717, 1.165) is 42.5 Å². The Morgan fingerprint density at radius 2 is 1.91 bits per heavy atom. The Hall–Kier alpha value is -3.26. The summed E-state index contributed by atoms with van der Waals surface area (Å²) in [5.41, 5.74) is 3.98. The number of amides is 1. The maximum absolute atomic E-state index is 12.8. The van der Waals surface area contributed by atoms with Crippen LogP contribution >= 0.6 is 11.8 Å². The lowest BCUT2D eigenvalue weighted by atomic mass is 9.97. The molecule has 0 saturated heterocycles. The van der Waals surface area contributed by atoms with Crippen molar-refractivity contribution in [2.75, 3.05) is 11.1 Å². The third kappa shape index (κ3) is 5.13. The standard InChI is InChI=1S/C24H24N4O3S/c1-16(29)18-8-10-19(11-9-18)26-22(30)15-32-23-20-6-2-3-7-21(20)28(24(31)27-23)14-17-5-4-12-25-13-17/h4-5,8-13H,2-3,6-7,14-15H2,1H3,(H,26,30). The zero-order valence-corrected chi connectivity index (χ0v) is 18.7. The molecule has 7 nitrogen and oxygen atoms in total. The second kappa shape index (κ2) is 9.91. The number of rotatable bonds is 7. The van der Waals surface area contributed by atoms with Gasteiger partial charge in [0.2, 0.25) is 5.91 Å². The fourth-order valence-electron chi connectivity index (χ4n) is 3.82. The van der Waals surface area contributed by atoms with Gasteiger partial charge >= 0.3 is 5.69 Å². The van der Waals surface area contributed by atoms with Gasteiger partial charge in [0.15, 0.2) is 5.78 Å². The van der Waals surface area contributed by atoms with Crippen molar-refractivity contribution in [2.45, 2.75) is 44.2 Å². The Balaban J connectivity index is 1.49. The van der Waals surface area contributed by atoms with Gasteiger partial charge in [0, 0.05) is 34.9 Å². The first-order valence-electron chi connectivity index (χ1n) is 10.6. The number of aromatic nitrogens is 3. The molecule has 2 heterocycles. The Bertz CT molecular complexity index is 1190. The molecule has 0 saturated carbocycles. The van der Waals surface area contributed by atoms with Gasteiger partial charge < -0.3 is 5.32 Å². The summed E-state index contributed by atoms with van der Waals surface area (Å²) in [7, 11) is 0. The number of benzene rings is 1. The normalized spacial score (nSPS) is 12.8. The van der Waals surface area contributed by atoms with Crippen molar-refractivity contribution in [3.05, 3.63) is 81.7 Å². The van der Waals surface area contributed by atoms with Crippen molar-refractivity contribution < 1.29 is 9.59 Å². The number of carbonyl (C=O) groups is 2. The van der Waals surface area contributed by atoms with Crippen LogP contribution in [0.1, 0.15) is 46.9 Å². The largest absolute Gasteiger partial charge is 0.349 e. The fourth-order valence-corrected chi connectivity index (χ4v) is 4.70. The number of hydrogen-bond acceptors (Lipinski definition) is 6. The molecule has 1 N–H and O–H groups in total. The summed E-state index contributed by atoms with van der Waals surface area (Å²) in [4.78, 5) is 45.1. The number of carbonyl (C=O) groups excluding carboxylic acids is 2. The number of anilines is 1. The first kappa shape index (κ1) is 22.0. The molecule has 2 aromatic heterocycles. The minimum atomic E-state index is -0.294. The van der Waals surface area contributed by atoms with Gasteiger partial charge in [-0.15, -0.1) is 0 Å². The highest BCUT2D eigenvalue weighted by Gasteiger charge is 2.21. The Morgan fingerprint density at radius 3 is 2.62 bits per heavy atom. The number of ketones is 1. The second-order valence-electron chi connectivity index (χ2n) is 7.75. The van der Waals surface area contributed by atoms with E-state index in [0.29, 0.717) is 22.8 Å². The molecule has 0 fully saturated rings. The van der Waals surface area contributed by atoms with Crippen LogP contribution in [0.2, 0.25) is 0 Å². The summed E-state index contributed by atoms with van der Waals surface area (Å²) >= 11 is 1.30. The highest BCUT2D eigenvalue weighted by atomic mass is 32.2. The van der Waals surface area contributed by atoms with Crippen molar-refractivity contribution in [2.24, 2.45) is 0 Å². The molecule has 32 heavy (non-hydrogen) atoms. The molecule has 3 aromatic rings. The molecule has 0 bridgehead atoms. The lowest BCUT2D eigenvalue weighted by Gasteiger charge is -2.22. The van der Waals surface area contributed by atoms with Crippen LogP contribution < -0.4 is 11.0 Å². The van der Waals surface area contributed by atoms with E-state index < -0.39 is 0 Å². The van der Waals surface area contributed by atoms with E-state index in [4.69, 9.17) is 0 Å². The number of nitrogens with zero attached hydrogens (tertiary/aromatic N) is 3. The average molecular weight is 449 g/mol. The van der Waals surface area contributed by atoms with E-state index in [1.54, 1.807) is 41.2 Å². The van der Waals surface area contributed by atoms with Crippen LogP contribution in [-0.4, -0.2) is 32.0 Å². The lowest BCUT2D eigenvalue weighted by Crippen LogP contribution is -2.30. The van der Waals surface area contributed by atoms with E-state index in [2.05, 4.69) is 15.3 Å². The number of thioether (sulfide) groups is 1. The van der Waals surface area contributed by atoms with Gasteiger partial charge in [0.25, 0.3) is 0 Å². The Labute approximate surface area is 190 Å². The molecule has 0 spiro atoms. The van der Waals surface area contributed by atoms with Crippen molar-refractivity contribution in [3.8, 4) is 0 Å². The third-order valence-electron chi connectivity index (χ3n) is 5.43. The Morgan fingerprint density at radius 1 is 1.12 bits per heavy atom. The van der Waals surface area contributed by atoms with Crippen LogP contribution in [0.3, 0.4) is 0 Å². The van der Waals surface area contributed by atoms with Crippen molar-refractivity contribution >= 4 is 29.1 Å². The molecule has 164 valence electrons. The maximum atomic E-state index is 12.8. The van der Waals surface area contributed by atoms with Crippen LogP contribution in [0.5, 0.6) is 0 Å². The number of hydrogen-bond donors (Lipinski definition) is 1. The van der Waals surface area contributed by atoms with Crippen LogP contribution in [-0.2, 0) is 24.2 Å². The molecule has 0 radical (unpaired) electrons. The summed E-state index contributed by atoms with van der Waals surface area (Å²) in [6.07, 6.45) is 7.23. The van der Waals surface area contributed by atoms with Gasteiger partial charge in [-0.3, -0.25) is 19.1 Å². The van der Waals surface area contributed by atoms with Crippen molar-refractivity contribution in [1.82, 2.24) is 14.5 Å².